The Morgan fingerprint density at radius 1 is 1.36 bits per heavy atom. The summed E-state index contributed by atoms with van der Waals surface area (Å²) in [4.78, 5) is 33.1. The number of carbonyl (C=O) groups is 3. The van der Waals surface area contributed by atoms with Gasteiger partial charge in [0.25, 0.3) is 0 Å². The molecule has 1 aliphatic rings. The summed E-state index contributed by atoms with van der Waals surface area (Å²) < 4.78 is 0. The van der Waals surface area contributed by atoms with E-state index in [-0.39, 0.29) is 24.7 Å². The van der Waals surface area contributed by atoms with E-state index in [1.807, 2.05) is 0 Å². The Hall–Kier alpha value is -1.19. The predicted molar refractivity (Wildman–Crippen MR) is 36.6 cm³/mol. The quantitative estimate of drug-likeness (QED) is 0.407. The van der Waals surface area contributed by atoms with Gasteiger partial charge < -0.3 is 4.79 Å². The second-order valence-electron chi connectivity index (χ2n) is 2.53. The molecule has 11 heavy (non-hydrogen) atoms. The molecule has 1 heterocycles. The van der Waals surface area contributed by atoms with Crippen LogP contribution in [0.15, 0.2) is 0 Å². The molecule has 2 amide bonds. The topological polar surface area (TPSA) is 54.5 Å². The Morgan fingerprint density at radius 3 is 2.18 bits per heavy atom. The van der Waals surface area contributed by atoms with Gasteiger partial charge in [0, 0.05) is 12.8 Å². The minimum atomic E-state index is -0.600. The molecular formula is C7H9NO3. The molecule has 0 aromatic heterocycles. The maximum atomic E-state index is 10.9. The highest BCUT2D eigenvalue weighted by Crippen LogP contribution is 2.13. The molecule has 1 aliphatic heterocycles. The summed E-state index contributed by atoms with van der Waals surface area (Å²) in [6.07, 6.45) is 1.09. The van der Waals surface area contributed by atoms with Crippen molar-refractivity contribution in [2.24, 2.45) is 0 Å². The van der Waals surface area contributed by atoms with Crippen molar-refractivity contribution >= 4 is 18.1 Å². The van der Waals surface area contributed by atoms with Crippen LogP contribution in [0, 0.1) is 0 Å². The summed E-state index contributed by atoms with van der Waals surface area (Å²) in [5.41, 5.74) is 0. The van der Waals surface area contributed by atoms with Crippen LogP contribution in [-0.2, 0) is 14.4 Å². The normalized spacial score (nSPS) is 20.6. The van der Waals surface area contributed by atoms with Crippen molar-refractivity contribution in [2.75, 3.05) is 0 Å². The number of aldehydes is 1. The van der Waals surface area contributed by atoms with Gasteiger partial charge in [0.1, 0.15) is 6.29 Å². The highest BCUT2D eigenvalue weighted by atomic mass is 16.2. The van der Waals surface area contributed by atoms with E-state index in [4.69, 9.17) is 0 Å². The number of likely N-dealkylation sites (tertiary alicyclic amines) is 1. The lowest BCUT2D eigenvalue weighted by atomic mass is 10.3. The van der Waals surface area contributed by atoms with E-state index in [1.54, 1.807) is 0 Å². The number of nitrogens with zero attached hydrogens (tertiary/aromatic N) is 1. The average Bonchev–Trinajstić information content (AvgIpc) is 2.30. The largest absolute Gasteiger partial charge is 0.301 e. The fourth-order valence-electron chi connectivity index (χ4n) is 1.11. The number of amides is 2. The molecule has 0 aromatic carbocycles. The highest BCUT2D eigenvalue weighted by Gasteiger charge is 2.32. The third-order valence-corrected chi connectivity index (χ3v) is 1.69. The van der Waals surface area contributed by atoms with Crippen LogP contribution in [0.25, 0.3) is 0 Å². The maximum absolute atomic E-state index is 10.9. The molecule has 4 heteroatoms. The van der Waals surface area contributed by atoms with Gasteiger partial charge in [0.05, 0.1) is 6.04 Å². The minimum Gasteiger partial charge on any atom is -0.301 e. The van der Waals surface area contributed by atoms with E-state index in [0.29, 0.717) is 6.29 Å². The predicted octanol–water partition coefficient (Wildman–Crippen LogP) is -0.277. The summed E-state index contributed by atoms with van der Waals surface area (Å²) >= 11 is 0. The van der Waals surface area contributed by atoms with E-state index >= 15 is 0 Å². The van der Waals surface area contributed by atoms with Crippen molar-refractivity contribution in [3.8, 4) is 0 Å². The van der Waals surface area contributed by atoms with Gasteiger partial charge in [0.2, 0.25) is 11.8 Å². The molecule has 4 nitrogen and oxygen atoms in total. The molecule has 1 saturated heterocycles. The van der Waals surface area contributed by atoms with E-state index in [0.717, 1.165) is 4.90 Å². The number of hydrogen-bond acceptors (Lipinski definition) is 3. The van der Waals surface area contributed by atoms with Gasteiger partial charge in [-0.05, 0) is 6.92 Å². The molecule has 60 valence electrons. The van der Waals surface area contributed by atoms with Crippen LogP contribution >= 0.6 is 0 Å². The van der Waals surface area contributed by atoms with Gasteiger partial charge in [-0.3, -0.25) is 14.5 Å². The second-order valence-corrected chi connectivity index (χ2v) is 2.53. The minimum absolute atomic E-state index is 0.241. The van der Waals surface area contributed by atoms with Crippen LogP contribution in [0.2, 0.25) is 0 Å². The number of imide groups is 1. The van der Waals surface area contributed by atoms with E-state index < -0.39 is 6.04 Å². The zero-order valence-corrected chi connectivity index (χ0v) is 6.24. The SMILES string of the molecule is C[C@H](C=O)N1C(=O)CCC1=O. The summed E-state index contributed by atoms with van der Waals surface area (Å²) in [7, 11) is 0. The van der Waals surface area contributed by atoms with Crippen LogP contribution in [0.3, 0.4) is 0 Å². The molecule has 0 N–H and O–H groups in total. The Morgan fingerprint density at radius 2 is 1.82 bits per heavy atom. The van der Waals surface area contributed by atoms with Gasteiger partial charge in [-0.2, -0.15) is 0 Å². The summed E-state index contributed by atoms with van der Waals surface area (Å²) in [5.74, 6) is -0.482. The average molecular weight is 155 g/mol. The second kappa shape index (κ2) is 2.82. The number of hydrogen-bond donors (Lipinski definition) is 0. The Balaban J connectivity index is 2.75. The van der Waals surface area contributed by atoms with Gasteiger partial charge >= 0.3 is 0 Å². The van der Waals surface area contributed by atoms with Gasteiger partial charge in [0.15, 0.2) is 0 Å². The molecule has 0 aromatic rings. The Bertz CT molecular complexity index is 196. The first-order chi connectivity index (χ1) is 5.16. The maximum Gasteiger partial charge on any atom is 0.230 e. The summed E-state index contributed by atoms with van der Waals surface area (Å²) in [5, 5.41) is 0. The third-order valence-electron chi connectivity index (χ3n) is 1.69. The number of carbonyl (C=O) groups excluding carboxylic acids is 3. The van der Waals surface area contributed by atoms with Crippen molar-refractivity contribution in [2.45, 2.75) is 25.8 Å². The van der Waals surface area contributed by atoms with E-state index in [1.165, 1.54) is 6.92 Å². The van der Waals surface area contributed by atoms with E-state index in [2.05, 4.69) is 0 Å². The summed E-state index contributed by atoms with van der Waals surface area (Å²) in [6, 6.07) is -0.600. The third kappa shape index (κ3) is 1.29. The zero-order chi connectivity index (χ0) is 8.43. The first-order valence-electron chi connectivity index (χ1n) is 3.47. The molecule has 0 radical (unpaired) electrons. The molecule has 0 saturated carbocycles. The van der Waals surface area contributed by atoms with Gasteiger partial charge in [-0.1, -0.05) is 0 Å². The Labute approximate surface area is 64.2 Å². The van der Waals surface area contributed by atoms with Gasteiger partial charge in [-0.25, -0.2) is 0 Å². The standard InChI is InChI=1S/C7H9NO3/c1-5(4-9)8-6(10)2-3-7(8)11/h4-5H,2-3H2,1H3/t5-/m1/s1. The lowest BCUT2D eigenvalue weighted by Gasteiger charge is -2.16. The molecular weight excluding hydrogens is 146 g/mol. The molecule has 1 fully saturated rings. The highest BCUT2D eigenvalue weighted by molar-refractivity contribution is 6.03. The number of rotatable bonds is 2. The van der Waals surface area contributed by atoms with Gasteiger partial charge in [-0.15, -0.1) is 0 Å². The van der Waals surface area contributed by atoms with Crippen molar-refractivity contribution < 1.29 is 14.4 Å². The van der Waals surface area contributed by atoms with E-state index in [9.17, 15) is 14.4 Å². The zero-order valence-electron chi connectivity index (χ0n) is 6.24. The monoisotopic (exact) mass is 155 g/mol. The first-order valence-corrected chi connectivity index (χ1v) is 3.47. The smallest absolute Gasteiger partial charge is 0.230 e. The van der Waals surface area contributed by atoms with Crippen molar-refractivity contribution in [1.82, 2.24) is 4.90 Å². The molecule has 0 aliphatic carbocycles. The van der Waals surface area contributed by atoms with Crippen LogP contribution in [0.1, 0.15) is 19.8 Å². The Kier molecular flexibility index (Phi) is 2.03. The first kappa shape index (κ1) is 7.91. The summed E-state index contributed by atoms with van der Waals surface area (Å²) in [6.45, 7) is 1.54. The van der Waals surface area contributed by atoms with Crippen LogP contribution < -0.4 is 0 Å². The van der Waals surface area contributed by atoms with Crippen molar-refractivity contribution in [3.05, 3.63) is 0 Å². The van der Waals surface area contributed by atoms with Crippen LogP contribution in [-0.4, -0.2) is 29.0 Å². The molecule has 0 spiro atoms. The fourth-order valence-corrected chi connectivity index (χ4v) is 1.11. The van der Waals surface area contributed by atoms with Crippen LogP contribution in [0.5, 0.6) is 0 Å². The molecule has 0 unspecified atom stereocenters. The fraction of sp³-hybridized carbons (Fsp3) is 0.571. The lowest BCUT2D eigenvalue weighted by Crippen LogP contribution is -2.38. The molecule has 1 atom stereocenters. The van der Waals surface area contributed by atoms with Crippen LogP contribution in [0.4, 0.5) is 0 Å². The lowest BCUT2D eigenvalue weighted by molar-refractivity contribution is -0.142. The van der Waals surface area contributed by atoms with Crippen molar-refractivity contribution in [3.63, 3.8) is 0 Å². The molecule has 0 bridgehead atoms. The molecule has 1 rings (SSSR count). The van der Waals surface area contributed by atoms with Crippen molar-refractivity contribution in [1.29, 1.82) is 0 Å².